The van der Waals surface area contributed by atoms with Crippen molar-refractivity contribution in [1.29, 1.82) is 0 Å². The largest absolute Gasteiger partial charge is 0.384 e. The molecule has 106 valence electrons. The van der Waals surface area contributed by atoms with Crippen LogP contribution in [0, 0.1) is 0 Å². The minimum Gasteiger partial charge on any atom is -0.384 e. The molecule has 0 bridgehead atoms. The minimum absolute atomic E-state index is 0.0375. The predicted molar refractivity (Wildman–Crippen MR) is 85.1 cm³/mol. The zero-order chi connectivity index (χ0) is 14.2. The van der Waals surface area contributed by atoms with Gasteiger partial charge in [0.1, 0.15) is 0 Å². The first-order chi connectivity index (χ1) is 10.3. The number of carbonyl (C=O) groups excluding carboxylic acids is 1. The molecule has 1 aliphatic heterocycles. The summed E-state index contributed by atoms with van der Waals surface area (Å²) in [6.07, 6.45) is 4.56. The molecule has 3 heteroatoms. The number of hydrogen-bond acceptors (Lipinski definition) is 2. The summed E-state index contributed by atoms with van der Waals surface area (Å²) in [5.41, 5.74) is 6.80. The topological polar surface area (TPSA) is 41.1 Å². The maximum Gasteiger partial charge on any atom is 0.255 e. The maximum absolute atomic E-state index is 12.4. The van der Waals surface area contributed by atoms with Crippen molar-refractivity contribution >= 4 is 17.3 Å². The second-order valence-corrected chi connectivity index (χ2v) is 5.84. The maximum atomic E-state index is 12.4. The van der Waals surface area contributed by atoms with Crippen LogP contribution in [0.5, 0.6) is 0 Å². The third-order valence-electron chi connectivity index (χ3n) is 4.44. The molecule has 0 aromatic heterocycles. The zero-order valence-corrected chi connectivity index (χ0v) is 11.9. The molecular formula is C18H18N2O. The fraction of sp³-hybridized carbons (Fsp3) is 0.278. The second kappa shape index (κ2) is 4.92. The number of anilines is 2. The molecule has 0 saturated carbocycles. The van der Waals surface area contributed by atoms with Gasteiger partial charge in [-0.1, -0.05) is 12.1 Å². The van der Waals surface area contributed by atoms with Crippen LogP contribution in [-0.4, -0.2) is 12.5 Å². The van der Waals surface area contributed by atoms with Crippen LogP contribution in [0.2, 0.25) is 0 Å². The lowest BCUT2D eigenvalue weighted by Gasteiger charge is -2.09. The molecule has 4 rings (SSSR count). The number of fused-ring (bicyclic) bond motifs is 2. The van der Waals surface area contributed by atoms with Gasteiger partial charge in [0.2, 0.25) is 0 Å². The molecule has 0 saturated heterocycles. The van der Waals surface area contributed by atoms with Gasteiger partial charge in [0.15, 0.2) is 0 Å². The quantitative estimate of drug-likeness (QED) is 0.884. The van der Waals surface area contributed by atoms with Crippen molar-refractivity contribution in [1.82, 2.24) is 0 Å². The van der Waals surface area contributed by atoms with Gasteiger partial charge in [-0.2, -0.15) is 0 Å². The van der Waals surface area contributed by atoms with E-state index in [-0.39, 0.29) is 5.91 Å². The van der Waals surface area contributed by atoms with E-state index in [1.807, 2.05) is 24.3 Å². The fourth-order valence-corrected chi connectivity index (χ4v) is 3.28. The Balaban J connectivity index is 1.55. The van der Waals surface area contributed by atoms with Crippen molar-refractivity contribution < 1.29 is 4.79 Å². The van der Waals surface area contributed by atoms with Gasteiger partial charge >= 0.3 is 0 Å². The van der Waals surface area contributed by atoms with Gasteiger partial charge in [0, 0.05) is 23.5 Å². The molecule has 1 amide bonds. The summed E-state index contributed by atoms with van der Waals surface area (Å²) >= 11 is 0. The van der Waals surface area contributed by atoms with E-state index in [1.54, 1.807) is 0 Å². The lowest BCUT2D eigenvalue weighted by Crippen LogP contribution is -2.12. The van der Waals surface area contributed by atoms with E-state index in [0.717, 1.165) is 30.8 Å². The summed E-state index contributed by atoms with van der Waals surface area (Å²) in [7, 11) is 0. The van der Waals surface area contributed by atoms with Crippen molar-refractivity contribution in [2.75, 3.05) is 17.2 Å². The first-order valence-corrected chi connectivity index (χ1v) is 7.59. The molecule has 0 spiro atoms. The smallest absolute Gasteiger partial charge is 0.255 e. The highest BCUT2D eigenvalue weighted by atomic mass is 16.1. The first kappa shape index (κ1) is 12.5. The second-order valence-electron chi connectivity index (χ2n) is 5.84. The number of aryl methyl sites for hydroxylation is 2. The van der Waals surface area contributed by atoms with Gasteiger partial charge < -0.3 is 10.6 Å². The highest BCUT2D eigenvalue weighted by Gasteiger charge is 2.15. The predicted octanol–water partition coefficient (Wildman–Crippen LogP) is 3.40. The van der Waals surface area contributed by atoms with Gasteiger partial charge in [0.05, 0.1) is 0 Å². The lowest BCUT2D eigenvalue weighted by molar-refractivity contribution is 0.102. The molecule has 0 unspecified atom stereocenters. The first-order valence-electron chi connectivity index (χ1n) is 7.59. The molecule has 2 N–H and O–H groups in total. The van der Waals surface area contributed by atoms with E-state index < -0.39 is 0 Å². The lowest BCUT2D eigenvalue weighted by atomic mass is 10.1. The molecule has 21 heavy (non-hydrogen) atoms. The Bertz CT molecular complexity index is 721. The van der Waals surface area contributed by atoms with E-state index >= 15 is 0 Å². The third kappa shape index (κ3) is 2.29. The summed E-state index contributed by atoms with van der Waals surface area (Å²) in [6.45, 7) is 0.964. The number of amides is 1. The van der Waals surface area contributed by atoms with Crippen molar-refractivity contribution in [3.05, 3.63) is 58.7 Å². The van der Waals surface area contributed by atoms with Crippen LogP contribution in [-0.2, 0) is 19.3 Å². The normalized spacial score (nSPS) is 15.2. The van der Waals surface area contributed by atoms with Gasteiger partial charge in [-0.25, -0.2) is 0 Å². The molecule has 0 fully saturated rings. The average Bonchev–Trinajstić information content (AvgIpc) is 3.14. The number of rotatable bonds is 2. The molecule has 2 aliphatic rings. The van der Waals surface area contributed by atoms with Crippen molar-refractivity contribution in [2.24, 2.45) is 0 Å². The van der Waals surface area contributed by atoms with Crippen molar-refractivity contribution in [3.8, 4) is 0 Å². The van der Waals surface area contributed by atoms with E-state index in [0.29, 0.717) is 5.56 Å². The highest BCUT2D eigenvalue weighted by molar-refractivity contribution is 6.05. The summed E-state index contributed by atoms with van der Waals surface area (Å²) < 4.78 is 0. The Hall–Kier alpha value is -2.29. The van der Waals surface area contributed by atoms with E-state index in [1.165, 1.54) is 29.5 Å². The highest BCUT2D eigenvalue weighted by Crippen LogP contribution is 2.26. The molecule has 1 aliphatic carbocycles. The number of carbonyl (C=O) groups is 1. The summed E-state index contributed by atoms with van der Waals surface area (Å²) in [4.78, 5) is 12.4. The Morgan fingerprint density at radius 3 is 2.76 bits per heavy atom. The van der Waals surface area contributed by atoms with E-state index in [2.05, 4.69) is 22.8 Å². The van der Waals surface area contributed by atoms with Crippen LogP contribution in [0.25, 0.3) is 0 Å². The monoisotopic (exact) mass is 278 g/mol. The molecule has 1 heterocycles. The Kier molecular flexibility index (Phi) is 2.92. The van der Waals surface area contributed by atoms with Crippen LogP contribution in [0.15, 0.2) is 36.4 Å². The fourth-order valence-electron chi connectivity index (χ4n) is 3.28. The van der Waals surface area contributed by atoms with E-state index in [9.17, 15) is 4.79 Å². The molecule has 0 atom stereocenters. The van der Waals surface area contributed by atoms with Crippen LogP contribution in [0.3, 0.4) is 0 Å². The number of benzene rings is 2. The Labute approximate surface area is 124 Å². The average molecular weight is 278 g/mol. The molecule has 0 radical (unpaired) electrons. The van der Waals surface area contributed by atoms with Crippen LogP contribution < -0.4 is 10.6 Å². The van der Waals surface area contributed by atoms with Crippen molar-refractivity contribution in [3.63, 3.8) is 0 Å². The van der Waals surface area contributed by atoms with Crippen molar-refractivity contribution in [2.45, 2.75) is 25.7 Å². The van der Waals surface area contributed by atoms with Crippen LogP contribution in [0.4, 0.5) is 11.4 Å². The van der Waals surface area contributed by atoms with Crippen LogP contribution in [0.1, 0.15) is 33.5 Å². The number of nitrogens with one attached hydrogen (secondary N) is 2. The minimum atomic E-state index is -0.0375. The Morgan fingerprint density at radius 2 is 1.81 bits per heavy atom. The number of hydrogen-bond donors (Lipinski definition) is 2. The molecule has 2 aromatic rings. The Morgan fingerprint density at radius 1 is 0.952 bits per heavy atom. The standard InChI is InChI=1S/C18H18N2O/c21-18(15-5-4-13-8-9-19-17(13)11-15)20-16-7-6-12-2-1-3-14(12)10-16/h4-7,10-11,19H,1-3,8-9H2,(H,20,21). The van der Waals surface area contributed by atoms with Crippen LogP contribution >= 0.6 is 0 Å². The molecule has 2 aromatic carbocycles. The van der Waals surface area contributed by atoms with Gasteiger partial charge in [-0.3, -0.25) is 4.79 Å². The molecular weight excluding hydrogens is 260 g/mol. The van der Waals surface area contributed by atoms with Gasteiger partial charge in [0.25, 0.3) is 5.91 Å². The third-order valence-corrected chi connectivity index (χ3v) is 4.44. The van der Waals surface area contributed by atoms with E-state index in [4.69, 9.17) is 0 Å². The molecule has 3 nitrogen and oxygen atoms in total. The SMILES string of the molecule is O=C(Nc1ccc2c(c1)CCC2)c1ccc2c(c1)NCC2. The summed E-state index contributed by atoms with van der Waals surface area (Å²) in [6, 6.07) is 12.2. The summed E-state index contributed by atoms with van der Waals surface area (Å²) in [5, 5.41) is 6.33. The van der Waals surface area contributed by atoms with Gasteiger partial charge in [-0.05, 0) is 66.6 Å². The summed E-state index contributed by atoms with van der Waals surface area (Å²) in [5.74, 6) is -0.0375. The zero-order valence-electron chi connectivity index (χ0n) is 11.9. The van der Waals surface area contributed by atoms with Gasteiger partial charge in [-0.15, -0.1) is 0 Å².